The van der Waals surface area contributed by atoms with Crippen LogP contribution in [0.5, 0.6) is 0 Å². The average molecular weight is 223 g/mol. The Kier molecular flexibility index (Phi) is 3.00. The van der Waals surface area contributed by atoms with Crippen molar-refractivity contribution in [1.29, 1.82) is 0 Å². The Labute approximate surface area is 83.2 Å². The molecule has 76 valence electrons. The monoisotopic (exact) mass is 222 g/mol. The highest BCUT2D eigenvalue weighted by Gasteiger charge is 2.33. The molecule has 0 heterocycles. The van der Waals surface area contributed by atoms with Crippen molar-refractivity contribution in [2.45, 2.75) is 6.18 Å². The van der Waals surface area contributed by atoms with Crippen LogP contribution in [0.2, 0.25) is 5.02 Å². The molecule has 0 amide bonds. The summed E-state index contributed by atoms with van der Waals surface area (Å²) in [6.07, 6.45) is -3.40. The molecular formula is C8H6ClF3N2. The Morgan fingerprint density at radius 1 is 1.36 bits per heavy atom. The van der Waals surface area contributed by atoms with E-state index in [1.807, 2.05) is 0 Å². The van der Waals surface area contributed by atoms with Crippen molar-refractivity contribution in [3.63, 3.8) is 0 Å². The predicted octanol–water partition coefficient (Wildman–Crippen LogP) is 2.65. The number of alkyl halides is 3. The molecule has 0 aromatic heterocycles. The number of halogens is 4. The summed E-state index contributed by atoms with van der Waals surface area (Å²) in [7, 11) is 0. The molecule has 0 aliphatic carbocycles. The summed E-state index contributed by atoms with van der Waals surface area (Å²) in [5, 5.41) is 2.72. The van der Waals surface area contributed by atoms with E-state index in [4.69, 9.17) is 17.4 Å². The second-order valence-corrected chi connectivity index (χ2v) is 2.86. The van der Waals surface area contributed by atoms with Crippen LogP contribution in [0.3, 0.4) is 0 Å². The van der Waals surface area contributed by atoms with Crippen molar-refractivity contribution in [3.05, 3.63) is 34.3 Å². The van der Waals surface area contributed by atoms with Crippen molar-refractivity contribution in [3.8, 4) is 0 Å². The van der Waals surface area contributed by atoms with Crippen LogP contribution in [-0.4, -0.2) is 6.21 Å². The number of benzene rings is 1. The Morgan fingerprint density at radius 2 is 2.00 bits per heavy atom. The zero-order valence-corrected chi connectivity index (χ0v) is 7.60. The summed E-state index contributed by atoms with van der Waals surface area (Å²) in [4.78, 5) is 0. The van der Waals surface area contributed by atoms with E-state index in [1.165, 1.54) is 12.1 Å². The molecule has 6 heteroatoms. The fraction of sp³-hybridized carbons (Fsp3) is 0.125. The molecule has 0 saturated carbocycles. The molecule has 0 aliphatic rings. The van der Waals surface area contributed by atoms with Gasteiger partial charge in [0, 0.05) is 5.56 Å². The molecule has 0 atom stereocenters. The zero-order chi connectivity index (χ0) is 10.8. The van der Waals surface area contributed by atoms with E-state index in [9.17, 15) is 13.2 Å². The fourth-order valence-corrected chi connectivity index (χ4v) is 1.23. The van der Waals surface area contributed by atoms with Crippen LogP contribution in [0, 0.1) is 0 Å². The van der Waals surface area contributed by atoms with E-state index in [1.54, 1.807) is 0 Å². The van der Waals surface area contributed by atoms with Crippen LogP contribution in [0.4, 0.5) is 13.2 Å². The van der Waals surface area contributed by atoms with Gasteiger partial charge in [0.1, 0.15) is 0 Å². The molecule has 0 unspecified atom stereocenters. The van der Waals surface area contributed by atoms with Gasteiger partial charge >= 0.3 is 6.18 Å². The van der Waals surface area contributed by atoms with Crippen molar-refractivity contribution < 1.29 is 13.2 Å². The van der Waals surface area contributed by atoms with Gasteiger partial charge in [0.15, 0.2) is 0 Å². The number of hydrazone groups is 1. The first-order chi connectivity index (χ1) is 6.46. The summed E-state index contributed by atoms with van der Waals surface area (Å²) in [5.41, 5.74) is -0.749. The number of nitrogens with zero attached hydrogens (tertiary/aromatic N) is 1. The highest BCUT2D eigenvalue weighted by molar-refractivity contribution is 6.33. The third kappa shape index (κ3) is 2.17. The van der Waals surface area contributed by atoms with Gasteiger partial charge in [-0.25, -0.2) is 0 Å². The molecule has 0 radical (unpaired) electrons. The normalized spacial score (nSPS) is 12.3. The lowest BCUT2D eigenvalue weighted by Gasteiger charge is -2.09. The molecule has 2 nitrogen and oxygen atoms in total. The number of hydrogen-bond donors (Lipinski definition) is 1. The largest absolute Gasteiger partial charge is 0.417 e. The standard InChI is InChI=1S/C8H6ClF3N2/c9-7-5(4-14-13)2-1-3-6(7)8(10,11)12/h1-4H,13H2. The summed E-state index contributed by atoms with van der Waals surface area (Å²) in [5.74, 6) is 4.82. The van der Waals surface area contributed by atoms with Crippen LogP contribution < -0.4 is 5.84 Å². The first-order valence-electron chi connectivity index (χ1n) is 3.56. The second-order valence-electron chi connectivity index (χ2n) is 2.48. The summed E-state index contributed by atoms with van der Waals surface area (Å²) >= 11 is 5.51. The fourth-order valence-electron chi connectivity index (χ4n) is 0.949. The SMILES string of the molecule is NN=Cc1cccc(C(F)(F)F)c1Cl. The highest BCUT2D eigenvalue weighted by Crippen LogP contribution is 2.35. The van der Waals surface area contributed by atoms with Gasteiger partial charge in [0.2, 0.25) is 0 Å². The molecule has 1 aromatic rings. The first-order valence-corrected chi connectivity index (χ1v) is 3.93. The van der Waals surface area contributed by atoms with Crippen LogP contribution in [0.15, 0.2) is 23.3 Å². The molecule has 0 aliphatic heterocycles. The van der Waals surface area contributed by atoms with Gasteiger partial charge < -0.3 is 5.84 Å². The molecular weight excluding hydrogens is 217 g/mol. The highest BCUT2D eigenvalue weighted by atomic mass is 35.5. The van der Waals surface area contributed by atoms with Crippen LogP contribution in [0.25, 0.3) is 0 Å². The lowest BCUT2D eigenvalue weighted by Crippen LogP contribution is -2.07. The summed E-state index contributed by atoms with van der Waals surface area (Å²) < 4.78 is 36.9. The lowest BCUT2D eigenvalue weighted by atomic mass is 10.1. The Morgan fingerprint density at radius 3 is 2.50 bits per heavy atom. The van der Waals surface area contributed by atoms with Crippen molar-refractivity contribution >= 4 is 17.8 Å². The topological polar surface area (TPSA) is 38.4 Å². The third-order valence-corrected chi connectivity index (χ3v) is 1.97. The maximum absolute atomic E-state index is 12.3. The Balaban J connectivity index is 3.28. The smallest absolute Gasteiger partial charge is 0.323 e. The van der Waals surface area contributed by atoms with E-state index in [2.05, 4.69) is 5.10 Å². The Bertz CT molecular complexity index is 360. The maximum atomic E-state index is 12.3. The number of nitrogens with two attached hydrogens (primary N) is 1. The summed E-state index contributed by atoms with van der Waals surface area (Å²) in [6.45, 7) is 0. The predicted molar refractivity (Wildman–Crippen MR) is 48.2 cm³/mol. The number of rotatable bonds is 1. The molecule has 1 rings (SSSR count). The van der Waals surface area contributed by atoms with Crippen molar-refractivity contribution in [1.82, 2.24) is 0 Å². The molecule has 0 fully saturated rings. The van der Waals surface area contributed by atoms with Gasteiger partial charge in [-0.3, -0.25) is 0 Å². The maximum Gasteiger partial charge on any atom is 0.417 e. The van der Waals surface area contributed by atoms with Gasteiger partial charge in [0.05, 0.1) is 16.8 Å². The molecule has 14 heavy (non-hydrogen) atoms. The second kappa shape index (κ2) is 3.88. The molecule has 0 bridgehead atoms. The van der Waals surface area contributed by atoms with E-state index in [0.717, 1.165) is 12.3 Å². The lowest BCUT2D eigenvalue weighted by molar-refractivity contribution is -0.137. The quantitative estimate of drug-likeness (QED) is 0.443. The minimum absolute atomic E-state index is 0.143. The van der Waals surface area contributed by atoms with Crippen LogP contribution in [0.1, 0.15) is 11.1 Å². The number of hydrogen-bond acceptors (Lipinski definition) is 2. The first kappa shape index (κ1) is 10.8. The van der Waals surface area contributed by atoms with Gasteiger partial charge in [-0.2, -0.15) is 18.3 Å². The average Bonchev–Trinajstić information content (AvgIpc) is 2.07. The van der Waals surface area contributed by atoms with Crippen LogP contribution >= 0.6 is 11.6 Å². The third-order valence-electron chi connectivity index (χ3n) is 1.55. The Hall–Kier alpha value is -1.23. The minimum Gasteiger partial charge on any atom is -0.323 e. The zero-order valence-electron chi connectivity index (χ0n) is 6.85. The van der Waals surface area contributed by atoms with E-state index in [0.29, 0.717) is 0 Å². The van der Waals surface area contributed by atoms with Crippen LogP contribution in [-0.2, 0) is 6.18 Å². The summed E-state index contributed by atoms with van der Waals surface area (Å²) in [6, 6.07) is 3.54. The minimum atomic E-state index is -4.46. The van der Waals surface area contributed by atoms with Crippen molar-refractivity contribution in [2.24, 2.45) is 10.9 Å². The van der Waals surface area contributed by atoms with E-state index < -0.39 is 16.8 Å². The molecule has 2 N–H and O–H groups in total. The molecule has 0 spiro atoms. The van der Waals surface area contributed by atoms with E-state index >= 15 is 0 Å². The molecule has 0 saturated heterocycles. The van der Waals surface area contributed by atoms with Gasteiger partial charge in [-0.1, -0.05) is 23.7 Å². The molecule has 1 aromatic carbocycles. The van der Waals surface area contributed by atoms with E-state index in [-0.39, 0.29) is 5.56 Å². The van der Waals surface area contributed by atoms with Crippen molar-refractivity contribution in [2.75, 3.05) is 0 Å². The van der Waals surface area contributed by atoms with Gasteiger partial charge in [-0.05, 0) is 6.07 Å². The van der Waals surface area contributed by atoms with Gasteiger partial charge in [0.25, 0.3) is 0 Å². The van der Waals surface area contributed by atoms with Gasteiger partial charge in [-0.15, -0.1) is 0 Å².